The van der Waals surface area contributed by atoms with Crippen molar-refractivity contribution in [3.63, 3.8) is 0 Å². The minimum Gasteiger partial charge on any atom is -0.497 e. The Morgan fingerprint density at radius 3 is 2.47 bits per heavy atom. The van der Waals surface area contributed by atoms with Gasteiger partial charge in [0.25, 0.3) is 0 Å². The number of hydrogen-bond donors (Lipinski definition) is 0. The third-order valence-corrected chi connectivity index (χ3v) is 12.5. The summed E-state index contributed by atoms with van der Waals surface area (Å²) in [5.74, 6) is 3.49. The molecule has 47 heavy (non-hydrogen) atoms. The molecule has 9 rings (SSSR count). The first-order valence-electron chi connectivity index (χ1n) is 17.8. The summed E-state index contributed by atoms with van der Waals surface area (Å²) < 4.78 is 13.6. The molecule has 3 nitrogen and oxygen atoms in total. The second-order valence-electron chi connectivity index (χ2n) is 14.8. The van der Waals surface area contributed by atoms with E-state index in [-0.39, 0.29) is 11.3 Å². The molecule has 4 aliphatic carbocycles. The maximum atomic E-state index is 7.71. The SMILES string of the molecule is COc1ccc2c3c(c4c(c2c1)OC(c1ccccc1)(C1C=CC(N(C)C)=CC1)C=C4)C1(CCCC2CCCCC21)c1ccccc1-3. The monoisotopic (exact) mass is 619 g/mol. The second-order valence-corrected chi connectivity index (χ2v) is 14.8. The van der Waals surface area contributed by atoms with Crippen molar-refractivity contribution in [2.45, 2.75) is 62.4 Å². The summed E-state index contributed by atoms with van der Waals surface area (Å²) in [6, 6.07) is 27.0. The minimum absolute atomic E-state index is 0.0159. The molecule has 0 radical (unpaired) electrons. The molecule has 0 aromatic heterocycles. The molecule has 0 N–H and O–H groups in total. The molecule has 0 amide bonds. The van der Waals surface area contributed by atoms with Crippen LogP contribution in [0.2, 0.25) is 0 Å². The summed E-state index contributed by atoms with van der Waals surface area (Å²) in [6.45, 7) is 0. The fraction of sp³-hybridized carbons (Fsp3) is 0.364. The van der Waals surface area contributed by atoms with Gasteiger partial charge >= 0.3 is 0 Å². The number of fused-ring (bicyclic) bond motifs is 12. The Hall–Kier alpha value is -4.24. The van der Waals surface area contributed by atoms with Gasteiger partial charge in [-0.05, 0) is 94.7 Å². The zero-order chi connectivity index (χ0) is 31.8. The fourth-order valence-corrected chi connectivity index (χ4v) is 10.4. The van der Waals surface area contributed by atoms with Crippen LogP contribution in [0, 0.1) is 17.8 Å². The van der Waals surface area contributed by atoms with E-state index in [4.69, 9.17) is 9.47 Å². The first kappa shape index (κ1) is 28.9. The van der Waals surface area contributed by atoms with E-state index in [2.05, 4.69) is 122 Å². The van der Waals surface area contributed by atoms with Crippen LogP contribution in [0.25, 0.3) is 28.0 Å². The van der Waals surface area contributed by atoms with Gasteiger partial charge in [0, 0.05) is 42.1 Å². The van der Waals surface area contributed by atoms with Crippen LogP contribution in [0.4, 0.5) is 0 Å². The van der Waals surface area contributed by atoms with Crippen LogP contribution in [-0.2, 0) is 11.0 Å². The summed E-state index contributed by atoms with van der Waals surface area (Å²) in [7, 11) is 6.01. The molecule has 5 unspecified atom stereocenters. The van der Waals surface area contributed by atoms with Gasteiger partial charge in [0.1, 0.15) is 11.5 Å². The topological polar surface area (TPSA) is 21.7 Å². The number of benzene rings is 4. The smallest absolute Gasteiger partial charge is 0.159 e. The lowest BCUT2D eigenvalue weighted by Gasteiger charge is -2.51. The molecule has 238 valence electrons. The van der Waals surface area contributed by atoms with Crippen LogP contribution in [0.1, 0.15) is 73.6 Å². The van der Waals surface area contributed by atoms with Gasteiger partial charge in [0.05, 0.1) is 7.11 Å². The van der Waals surface area contributed by atoms with Gasteiger partial charge in [-0.2, -0.15) is 0 Å². The van der Waals surface area contributed by atoms with E-state index >= 15 is 0 Å². The molecule has 3 heteroatoms. The van der Waals surface area contributed by atoms with Crippen LogP contribution >= 0.6 is 0 Å². The van der Waals surface area contributed by atoms with E-state index in [1.54, 1.807) is 12.7 Å². The Balaban J connectivity index is 1.33. The molecule has 4 aromatic carbocycles. The lowest BCUT2D eigenvalue weighted by atomic mass is 9.53. The third-order valence-electron chi connectivity index (χ3n) is 12.5. The number of allylic oxidation sites excluding steroid dienone is 2. The molecule has 1 aliphatic heterocycles. The Morgan fingerprint density at radius 2 is 1.66 bits per heavy atom. The molecule has 2 fully saturated rings. The lowest BCUT2D eigenvalue weighted by molar-refractivity contribution is 0.0708. The zero-order valence-electron chi connectivity index (χ0n) is 28.0. The Labute approximate surface area is 279 Å². The van der Waals surface area contributed by atoms with Crippen LogP contribution in [0.15, 0.2) is 103 Å². The fourth-order valence-electron chi connectivity index (χ4n) is 10.4. The zero-order valence-corrected chi connectivity index (χ0v) is 28.0. The van der Waals surface area contributed by atoms with Crippen molar-refractivity contribution in [2.75, 3.05) is 21.2 Å². The van der Waals surface area contributed by atoms with E-state index in [0.29, 0.717) is 5.92 Å². The third kappa shape index (κ3) is 4.11. The Kier molecular flexibility index (Phi) is 6.72. The van der Waals surface area contributed by atoms with E-state index in [1.807, 2.05) is 0 Å². The Morgan fingerprint density at radius 1 is 0.851 bits per heavy atom. The Bertz CT molecular complexity index is 1970. The van der Waals surface area contributed by atoms with Gasteiger partial charge < -0.3 is 14.4 Å². The highest BCUT2D eigenvalue weighted by molar-refractivity contribution is 6.09. The van der Waals surface area contributed by atoms with Crippen molar-refractivity contribution >= 4 is 16.8 Å². The minimum atomic E-state index is -0.637. The van der Waals surface area contributed by atoms with Gasteiger partial charge in [0.15, 0.2) is 5.60 Å². The quantitative estimate of drug-likeness (QED) is 0.227. The van der Waals surface area contributed by atoms with Gasteiger partial charge in [0.2, 0.25) is 0 Å². The van der Waals surface area contributed by atoms with Crippen molar-refractivity contribution in [1.29, 1.82) is 0 Å². The maximum Gasteiger partial charge on any atom is 0.159 e. The highest BCUT2D eigenvalue weighted by atomic mass is 16.5. The van der Waals surface area contributed by atoms with Gasteiger partial charge in [-0.15, -0.1) is 0 Å². The summed E-state index contributed by atoms with van der Waals surface area (Å²) in [4.78, 5) is 2.19. The predicted octanol–water partition coefficient (Wildman–Crippen LogP) is 10.4. The highest BCUT2D eigenvalue weighted by Crippen LogP contribution is 2.66. The number of nitrogens with zero attached hydrogens (tertiary/aromatic N) is 1. The standard InChI is InChI=1S/C44H45NO2/c1-45(2)32-21-19-31(20-22-32)44(30-14-5-4-6-15-30)27-25-36-41-40(34-24-23-33(46-3)28-37(34)42(36)47-44)35-16-8-10-18-39(35)43(41)26-11-13-29-12-7-9-17-38(29)43/h4-6,8,10,14-16,18-19,21-25,27-29,31,38H,7,9,11-13,17,20,26H2,1-3H3. The van der Waals surface area contributed by atoms with Crippen LogP contribution in [0.3, 0.4) is 0 Å². The number of hydrogen-bond acceptors (Lipinski definition) is 3. The van der Waals surface area contributed by atoms with E-state index in [9.17, 15) is 0 Å². The van der Waals surface area contributed by atoms with Crippen molar-refractivity contribution < 1.29 is 9.47 Å². The van der Waals surface area contributed by atoms with Crippen molar-refractivity contribution in [1.82, 2.24) is 4.90 Å². The molecule has 2 saturated carbocycles. The van der Waals surface area contributed by atoms with Gasteiger partial charge in [-0.3, -0.25) is 0 Å². The van der Waals surface area contributed by atoms with E-state index < -0.39 is 5.60 Å². The van der Waals surface area contributed by atoms with Crippen LogP contribution in [-0.4, -0.2) is 26.1 Å². The summed E-state index contributed by atoms with van der Waals surface area (Å²) in [6.07, 6.45) is 22.1. The molecule has 1 heterocycles. The van der Waals surface area contributed by atoms with Crippen molar-refractivity contribution in [3.05, 3.63) is 125 Å². The van der Waals surface area contributed by atoms with E-state index in [0.717, 1.165) is 29.2 Å². The van der Waals surface area contributed by atoms with Crippen LogP contribution in [0.5, 0.6) is 11.5 Å². The van der Waals surface area contributed by atoms with Crippen molar-refractivity contribution in [2.24, 2.45) is 17.8 Å². The van der Waals surface area contributed by atoms with E-state index in [1.165, 1.54) is 83.8 Å². The molecular weight excluding hydrogens is 574 g/mol. The molecule has 5 atom stereocenters. The average Bonchev–Trinajstić information content (AvgIpc) is 3.42. The van der Waals surface area contributed by atoms with Crippen LogP contribution < -0.4 is 9.47 Å². The molecule has 1 spiro atoms. The molecule has 4 aromatic rings. The average molecular weight is 620 g/mol. The molecule has 0 bridgehead atoms. The summed E-state index contributed by atoms with van der Waals surface area (Å²) in [5.41, 5.74) is 9.06. The lowest BCUT2D eigenvalue weighted by Crippen LogP contribution is -2.45. The number of likely N-dealkylation sites (N-methyl/N-ethyl adjacent to an activating group) is 1. The number of ether oxygens (including phenoxy) is 2. The molecule has 5 aliphatic rings. The first-order valence-corrected chi connectivity index (χ1v) is 17.8. The maximum absolute atomic E-state index is 7.71. The predicted molar refractivity (Wildman–Crippen MR) is 193 cm³/mol. The first-order chi connectivity index (χ1) is 23.0. The van der Waals surface area contributed by atoms with Gasteiger partial charge in [-0.25, -0.2) is 0 Å². The largest absolute Gasteiger partial charge is 0.497 e. The second kappa shape index (κ2) is 10.9. The van der Waals surface area contributed by atoms with Crippen molar-refractivity contribution in [3.8, 4) is 22.6 Å². The molecular formula is C44H45NO2. The van der Waals surface area contributed by atoms with Gasteiger partial charge in [-0.1, -0.05) is 105 Å². The molecule has 0 saturated heterocycles. The highest BCUT2D eigenvalue weighted by Gasteiger charge is 2.55. The number of rotatable bonds is 4. The summed E-state index contributed by atoms with van der Waals surface area (Å²) in [5, 5.41) is 2.43. The summed E-state index contributed by atoms with van der Waals surface area (Å²) >= 11 is 0. The number of methoxy groups -OCH3 is 1. The normalized spacial score (nSPS) is 28.6.